The van der Waals surface area contributed by atoms with Crippen LogP contribution in [0.3, 0.4) is 0 Å². The van der Waals surface area contributed by atoms with E-state index in [1.54, 1.807) is 0 Å². The molecule has 0 aliphatic rings. The van der Waals surface area contributed by atoms with E-state index < -0.39 is 19.1 Å². The standard InChI is InChI=1S/C4H2Cl7F/c5-1(3(6,7)8)2(12)4(9,10)11/h1-2H. The van der Waals surface area contributed by atoms with Crippen LogP contribution in [0.4, 0.5) is 4.39 Å². The van der Waals surface area contributed by atoms with Gasteiger partial charge in [0, 0.05) is 0 Å². The fourth-order valence-electron chi connectivity index (χ4n) is 0.332. The van der Waals surface area contributed by atoms with Crippen molar-refractivity contribution in [2.75, 3.05) is 0 Å². The summed E-state index contributed by atoms with van der Waals surface area (Å²) in [6, 6.07) is 0. The second-order valence-electron chi connectivity index (χ2n) is 1.89. The van der Waals surface area contributed by atoms with Gasteiger partial charge in [0.2, 0.25) is 7.59 Å². The van der Waals surface area contributed by atoms with Crippen LogP contribution < -0.4 is 0 Å². The van der Waals surface area contributed by atoms with Crippen molar-refractivity contribution in [3.8, 4) is 0 Å². The Hall–Kier alpha value is 1.96. The van der Waals surface area contributed by atoms with Crippen molar-refractivity contribution in [1.82, 2.24) is 0 Å². The number of alkyl halides is 8. The van der Waals surface area contributed by atoms with Crippen molar-refractivity contribution in [2.45, 2.75) is 19.1 Å². The van der Waals surface area contributed by atoms with Crippen LogP contribution in [0.1, 0.15) is 0 Å². The minimum Gasteiger partial charge on any atom is -0.241 e. The average molecular weight is 317 g/mol. The van der Waals surface area contributed by atoms with Gasteiger partial charge in [-0.05, 0) is 0 Å². The molecule has 2 unspecified atom stereocenters. The topological polar surface area (TPSA) is 0 Å². The second-order valence-corrected chi connectivity index (χ2v) is 7.09. The number of hydrogen-bond donors (Lipinski definition) is 0. The molecule has 0 N–H and O–H groups in total. The van der Waals surface area contributed by atoms with Crippen molar-refractivity contribution in [2.24, 2.45) is 0 Å². The molecule has 0 aromatic rings. The average Bonchev–Trinajstić information content (AvgIpc) is 1.80. The van der Waals surface area contributed by atoms with Gasteiger partial charge < -0.3 is 0 Å². The predicted octanol–water partition coefficient (Wildman–Crippen LogP) is 4.67. The molecule has 0 aliphatic heterocycles. The van der Waals surface area contributed by atoms with Crippen LogP contribution >= 0.6 is 81.2 Å². The SMILES string of the molecule is FC(C(Cl)C(Cl)(Cl)Cl)C(Cl)(Cl)Cl. The van der Waals surface area contributed by atoms with Gasteiger partial charge in [-0.25, -0.2) is 4.39 Å². The van der Waals surface area contributed by atoms with Crippen LogP contribution in [-0.2, 0) is 0 Å². The maximum Gasteiger partial charge on any atom is 0.222 e. The molecule has 0 radical (unpaired) electrons. The van der Waals surface area contributed by atoms with Crippen molar-refractivity contribution in [3.63, 3.8) is 0 Å². The molecule has 0 fully saturated rings. The Bertz CT molecular complexity index is 128. The van der Waals surface area contributed by atoms with E-state index in [0.717, 1.165) is 0 Å². The Morgan fingerprint density at radius 2 is 1.17 bits per heavy atom. The Labute approximate surface area is 104 Å². The van der Waals surface area contributed by atoms with Gasteiger partial charge in [-0.15, -0.1) is 11.6 Å². The largest absolute Gasteiger partial charge is 0.241 e. The summed E-state index contributed by atoms with van der Waals surface area (Å²) in [6.07, 6.45) is -2.06. The molecule has 0 saturated carbocycles. The van der Waals surface area contributed by atoms with Crippen LogP contribution in [0.2, 0.25) is 0 Å². The van der Waals surface area contributed by atoms with Crippen LogP contribution in [0.25, 0.3) is 0 Å². The van der Waals surface area contributed by atoms with E-state index in [9.17, 15) is 4.39 Å². The normalized spacial score (nSPS) is 19.0. The van der Waals surface area contributed by atoms with Gasteiger partial charge in [0.1, 0.15) is 5.38 Å². The van der Waals surface area contributed by atoms with E-state index in [4.69, 9.17) is 81.2 Å². The molecule has 0 nitrogen and oxygen atoms in total. The predicted molar refractivity (Wildman–Crippen MR) is 55.1 cm³/mol. The summed E-state index contributed by atoms with van der Waals surface area (Å²) < 4.78 is 8.81. The van der Waals surface area contributed by atoms with Crippen molar-refractivity contribution < 1.29 is 4.39 Å². The lowest BCUT2D eigenvalue weighted by Gasteiger charge is -2.25. The third-order valence-electron chi connectivity index (χ3n) is 0.882. The molecule has 0 heterocycles. The zero-order valence-corrected chi connectivity index (χ0v) is 10.5. The van der Waals surface area contributed by atoms with Gasteiger partial charge in [-0.3, -0.25) is 0 Å². The molecule has 0 aromatic carbocycles. The van der Waals surface area contributed by atoms with Crippen LogP contribution in [-0.4, -0.2) is 19.1 Å². The lowest BCUT2D eigenvalue weighted by molar-refractivity contribution is 0.326. The van der Waals surface area contributed by atoms with Crippen molar-refractivity contribution in [1.29, 1.82) is 0 Å². The van der Waals surface area contributed by atoms with E-state index in [1.165, 1.54) is 0 Å². The summed E-state index contributed by atoms with van der Waals surface area (Å²) in [6.45, 7) is 0. The van der Waals surface area contributed by atoms with Gasteiger partial charge >= 0.3 is 0 Å². The number of halogens is 8. The molecule has 0 rings (SSSR count). The summed E-state index contributed by atoms with van der Waals surface area (Å²) in [5.74, 6) is 0. The van der Waals surface area contributed by atoms with Crippen molar-refractivity contribution in [3.05, 3.63) is 0 Å². The minimum absolute atomic E-state index is 1.52. The molecule has 74 valence electrons. The van der Waals surface area contributed by atoms with Crippen molar-refractivity contribution >= 4 is 81.2 Å². The summed E-state index contributed by atoms with van der Waals surface area (Å²) in [5.41, 5.74) is 0. The zero-order chi connectivity index (χ0) is 10.2. The first kappa shape index (κ1) is 14.0. The molecular weight excluding hydrogens is 315 g/mol. The molecule has 0 aliphatic carbocycles. The van der Waals surface area contributed by atoms with E-state index >= 15 is 0 Å². The molecule has 0 bridgehead atoms. The summed E-state index contributed by atoms with van der Waals surface area (Å²) in [7, 11) is 0. The van der Waals surface area contributed by atoms with Gasteiger partial charge in [-0.2, -0.15) is 0 Å². The fraction of sp³-hybridized carbons (Fsp3) is 1.00. The van der Waals surface area contributed by atoms with E-state index in [2.05, 4.69) is 0 Å². The lowest BCUT2D eigenvalue weighted by atomic mass is 10.3. The van der Waals surface area contributed by atoms with Crippen LogP contribution in [0, 0.1) is 0 Å². The monoisotopic (exact) mass is 314 g/mol. The Balaban J connectivity index is 4.41. The highest BCUT2D eigenvalue weighted by Gasteiger charge is 2.47. The molecule has 8 heteroatoms. The molecule has 0 aromatic heterocycles. The lowest BCUT2D eigenvalue weighted by Crippen LogP contribution is -2.38. The molecule has 2 atom stereocenters. The fourth-order valence-corrected chi connectivity index (χ4v) is 1.42. The molecule has 0 spiro atoms. The first-order chi connectivity index (χ1) is 5.07. The van der Waals surface area contributed by atoms with Crippen LogP contribution in [0.5, 0.6) is 0 Å². The highest BCUT2D eigenvalue weighted by molar-refractivity contribution is 6.71. The second kappa shape index (κ2) is 4.65. The Kier molecular flexibility index (Phi) is 5.41. The highest BCUT2D eigenvalue weighted by Crippen LogP contribution is 2.44. The maximum atomic E-state index is 13.0. The molecule has 0 amide bonds. The van der Waals surface area contributed by atoms with Gasteiger partial charge in [-0.1, -0.05) is 69.6 Å². The zero-order valence-electron chi connectivity index (χ0n) is 5.18. The summed E-state index contributed by atoms with van der Waals surface area (Å²) >= 11 is 36.7. The van der Waals surface area contributed by atoms with Crippen LogP contribution in [0.15, 0.2) is 0 Å². The first-order valence-electron chi connectivity index (χ1n) is 2.48. The molecular formula is C4H2Cl7F. The van der Waals surface area contributed by atoms with Gasteiger partial charge in [0.15, 0.2) is 6.17 Å². The number of rotatable bonds is 1. The minimum atomic E-state index is -2.20. The summed E-state index contributed by atoms with van der Waals surface area (Å²) in [4.78, 5) is 0. The van der Waals surface area contributed by atoms with E-state index in [-0.39, 0.29) is 0 Å². The van der Waals surface area contributed by atoms with E-state index in [1.807, 2.05) is 0 Å². The van der Waals surface area contributed by atoms with E-state index in [0.29, 0.717) is 0 Å². The molecule has 12 heavy (non-hydrogen) atoms. The maximum absolute atomic E-state index is 13.0. The smallest absolute Gasteiger partial charge is 0.222 e. The molecule has 0 saturated heterocycles. The third kappa shape index (κ3) is 4.45. The first-order valence-corrected chi connectivity index (χ1v) is 5.19. The Morgan fingerprint density at radius 3 is 1.25 bits per heavy atom. The highest BCUT2D eigenvalue weighted by atomic mass is 35.6. The third-order valence-corrected chi connectivity index (χ3v) is 3.10. The van der Waals surface area contributed by atoms with Gasteiger partial charge in [0.05, 0.1) is 0 Å². The quantitative estimate of drug-likeness (QED) is 0.616. The van der Waals surface area contributed by atoms with Gasteiger partial charge in [0.25, 0.3) is 0 Å². The Morgan fingerprint density at radius 1 is 0.833 bits per heavy atom. The summed E-state index contributed by atoms with van der Waals surface area (Å²) in [5, 5.41) is -1.52. The number of hydrogen-bond acceptors (Lipinski definition) is 0.